The molecule has 5 heteroatoms. The zero-order chi connectivity index (χ0) is 12.1. The lowest BCUT2D eigenvalue weighted by Gasteiger charge is -2.10. The van der Waals surface area contributed by atoms with Gasteiger partial charge >= 0.3 is 0 Å². The fourth-order valence-electron chi connectivity index (χ4n) is 1.54. The van der Waals surface area contributed by atoms with Crippen molar-refractivity contribution in [3.63, 3.8) is 0 Å². The van der Waals surface area contributed by atoms with Gasteiger partial charge in [-0.2, -0.15) is 0 Å². The molecule has 0 saturated carbocycles. The van der Waals surface area contributed by atoms with Gasteiger partial charge in [0.15, 0.2) is 0 Å². The molecule has 3 N–H and O–H groups in total. The standard InChI is InChI=1S/C12H16N2O3/c15-8-11(16)7-14-10-3-1-9(2-4-10)12-13-5-6-17-12/h1-4,11,14-16H,5-8H2. The van der Waals surface area contributed by atoms with Crippen LogP contribution in [0.15, 0.2) is 29.3 Å². The van der Waals surface area contributed by atoms with Crippen molar-refractivity contribution >= 4 is 11.6 Å². The maximum Gasteiger partial charge on any atom is 0.216 e. The summed E-state index contributed by atoms with van der Waals surface area (Å²) in [4.78, 5) is 4.22. The Hall–Kier alpha value is -1.59. The van der Waals surface area contributed by atoms with E-state index in [1.807, 2.05) is 24.3 Å². The molecule has 0 spiro atoms. The molecule has 1 aromatic rings. The van der Waals surface area contributed by atoms with E-state index in [-0.39, 0.29) is 6.61 Å². The SMILES string of the molecule is OCC(O)CNc1ccc(C2=NCCO2)cc1. The minimum absolute atomic E-state index is 0.240. The smallest absolute Gasteiger partial charge is 0.216 e. The summed E-state index contributed by atoms with van der Waals surface area (Å²) in [6, 6.07) is 7.61. The summed E-state index contributed by atoms with van der Waals surface area (Å²) in [5, 5.41) is 20.9. The summed E-state index contributed by atoms with van der Waals surface area (Å²) in [6.45, 7) is 1.46. The van der Waals surface area contributed by atoms with Gasteiger partial charge in [-0.3, -0.25) is 0 Å². The van der Waals surface area contributed by atoms with Crippen molar-refractivity contribution in [1.82, 2.24) is 0 Å². The molecule has 1 aliphatic heterocycles. The van der Waals surface area contributed by atoms with E-state index in [1.54, 1.807) is 0 Å². The fraction of sp³-hybridized carbons (Fsp3) is 0.417. The second-order valence-electron chi connectivity index (χ2n) is 3.83. The van der Waals surface area contributed by atoms with Gasteiger partial charge in [0, 0.05) is 17.8 Å². The summed E-state index contributed by atoms with van der Waals surface area (Å²) < 4.78 is 5.35. The van der Waals surface area contributed by atoms with E-state index in [4.69, 9.17) is 9.84 Å². The van der Waals surface area contributed by atoms with Crippen molar-refractivity contribution in [3.8, 4) is 0 Å². The highest BCUT2D eigenvalue weighted by atomic mass is 16.5. The van der Waals surface area contributed by atoms with Crippen LogP contribution in [0, 0.1) is 0 Å². The Labute approximate surface area is 99.8 Å². The first kappa shape index (κ1) is 11.9. The largest absolute Gasteiger partial charge is 0.476 e. The molecule has 1 aromatic carbocycles. The van der Waals surface area contributed by atoms with Crippen LogP contribution in [0.25, 0.3) is 0 Å². The first-order valence-corrected chi connectivity index (χ1v) is 5.60. The molecule has 1 heterocycles. The Balaban J connectivity index is 1.93. The average Bonchev–Trinajstić information content (AvgIpc) is 2.90. The Morgan fingerprint density at radius 2 is 2.12 bits per heavy atom. The van der Waals surface area contributed by atoms with E-state index in [1.165, 1.54) is 0 Å². The van der Waals surface area contributed by atoms with E-state index in [9.17, 15) is 5.11 Å². The predicted molar refractivity (Wildman–Crippen MR) is 65.4 cm³/mol. The second-order valence-corrected chi connectivity index (χ2v) is 3.83. The van der Waals surface area contributed by atoms with Crippen molar-refractivity contribution in [3.05, 3.63) is 29.8 Å². The predicted octanol–water partition coefficient (Wildman–Crippen LogP) is 0.228. The molecule has 92 valence electrons. The lowest BCUT2D eigenvalue weighted by atomic mass is 10.2. The molecule has 1 atom stereocenters. The van der Waals surface area contributed by atoms with Gasteiger partial charge in [0.2, 0.25) is 5.90 Å². The molecule has 0 amide bonds. The number of anilines is 1. The van der Waals surface area contributed by atoms with Crippen molar-refractivity contribution in [2.45, 2.75) is 6.10 Å². The van der Waals surface area contributed by atoms with Crippen molar-refractivity contribution < 1.29 is 14.9 Å². The number of hydrogen-bond acceptors (Lipinski definition) is 5. The first-order valence-electron chi connectivity index (χ1n) is 5.60. The van der Waals surface area contributed by atoms with E-state index >= 15 is 0 Å². The number of aliphatic hydroxyl groups is 2. The molecule has 1 unspecified atom stereocenters. The summed E-state index contributed by atoms with van der Waals surface area (Å²) >= 11 is 0. The number of rotatable bonds is 5. The van der Waals surface area contributed by atoms with Crippen LogP contribution in [0.2, 0.25) is 0 Å². The number of ether oxygens (including phenoxy) is 1. The van der Waals surface area contributed by atoms with Gasteiger partial charge in [0.05, 0.1) is 19.3 Å². The average molecular weight is 236 g/mol. The molecule has 0 aromatic heterocycles. The normalized spacial score (nSPS) is 16.2. The lowest BCUT2D eigenvalue weighted by molar-refractivity contribution is 0.105. The Bertz CT molecular complexity index is 389. The first-order chi connectivity index (χ1) is 8.29. The van der Waals surface area contributed by atoms with Crippen molar-refractivity contribution in [1.29, 1.82) is 0 Å². The van der Waals surface area contributed by atoms with Gasteiger partial charge < -0.3 is 20.3 Å². The molecular formula is C12H16N2O3. The van der Waals surface area contributed by atoms with Crippen LogP contribution < -0.4 is 5.32 Å². The highest BCUT2D eigenvalue weighted by molar-refractivity contribution is 5.95. The lowest BCUT2D eigenvalue weighted by Crippen LogP contribution is -2.22. The Morgan fingerprint density at radius 3 is 2.71 bits per heavy atom. The Morgan fingerprint density at radius 1 is 1.35 bits per heavy atom. The molecule has 5 nitrogen and oxygen atoms in total. The van der Waals surface area contributed by atoms with Gasteiger partial charge in [0.1, 0.15) is 6.61 Å². The molecule has 1 aliphatic rings. The fourth-order valence-corrected chi connectivity index (χ4v) is 1.54. The summed E-state index contributed by atoms with van der Waals surface area (Å²) in [5.41, 5.74) is 1.84. The van der Waals surface area contributed by atoms with Crippen molar-refractivity contribution in [2.24, 2.45) is 4.99 Å². The van der Waals surface area contributed by atoms with Crippen LogP contribution in [-0.2, 0) is 4.74 Å². The third-order valence-electron chi connectivity index (χ3n) is 2.47. The zero-order valence-corrected chi connectivity index (χ0v) is 9.47. The highest BCUT2D eigenvalue weighted by Gasteiger charge is 2.09. The van der Waals surface area contributed by atoms with Crippen LogP contribution in [0.3, 0.4) is 0 Å². The monoisotopic (exact) mass is 236 g/mol. The maximum absolute atomic E-state index is 9.19. The molecular weight excluding hydrogens is 220 g/mol. The van der Waals surface area contributed by atoms with Gasteiger partial charge in [-0.05, 0) is 24.3 Å². The van der Waals surface area contributed by atoms with E-state index in [0.29, 0.717) is 19.0 Å². The molecule has 0 radical (unpaired) electrons. The van der Waals surface area contributed by atoms with Crippen molar-refractivity contribution in [2.75, 3.05) is 31.6 Å². The van der Waals surface area contributed by atoms with Gasteiger partial charge in [-0.1, -0.05) is 0 Å². The van der Waals surface area contributed by atoms with Gasteiger partial charge in [-0.15, -0.1) is 0 Å². The number of nitrogens with zero attached hydrogens (tertiary/aromatic N) is 1. The quantitative estimate of drug-likeness (QED) is 0.684. The van der Waals surface area contributed by atoms with E-state index in [2.05, 4.69) is 10.3 Å². The van der Waals surface area contributed by atoms with Crippen LogP contribution in [-0.4, -0.2) is 48.5 Å². The maximum atomic E-state index is 9.19. The molecule has 17 heavy (non-hydrogen) atoms. The van der Waals surface area contributed by atoms with Crippen LogP contribution >= 0.6 is 0 Å². The third kappa shape index (κ3) is 3.18. The number of benzene rings is 1. The summed E-state index contributed by atoms with van der Waals surface area (Å²) in [5.74, 6) is 0.687. The number of aliphatic hydroxyl groups excluding tert-OH is 2. The molecule has 0 fully saturated rings. The molecule has 0 bridgehead atoms. The van der Waals surface area contributed by atoms with Gasteiger partial charge in [-0.25, -0.2) is 4.99 Å². The number of aliphatic imine (C=N–C) groups is 1. The topological polar surface area (TPSA) is 74.1 Å². The Kier molecular flexibility index (Phi) is 3.95. The van der Waals surface area contributed by atoms with Gasteiger partial charge in [0.25, 0.3) is 0 Å². The summed E-state index contributed by atoms with van der Waals surface area (Å²) in [7, 11) is 0. The summed E-state index contributed by atoms with van der Waals surface area (Å²) in [6.07, 6.45) is -0.739. The third-order valence-corrected chi connectivity index (χ3v) is 2.47. The van der Waals surface area contributed by atoms with Crippen LogP contribution in [0.1, 0.15) is 5.56 Å². The minimum Gasteiger partial charge on any atom is -0.476 e. The molecule has 0 saturated heterocycles. The highest BCUT2D eigenvalue weighted by Crippen LogP contribution is 2.12. The minimum atomic E-state index is -0.739. The number of nitrogens with one attached hydrogen (secondary N) is 1. The number of hydrogen-bond donors (Lipinski definition) is 3. The molecule has 2 rings (SSSR count). The van der Waals surface area contributed by atoms with Crippen LogP contribution in [0.5, 0.6) is 0 Å². The molecule has 0 aliphatic carbocycles. The van der Waals surface area contributed by atoms with E-state index in [0.717, 1.165) is 17.8 Å². The second kappa shape index (κ2) is 5.65. The van der Waals surface area contributed by atoms with Crippen LogP contribution in [0.4, 0.5) is 5.69 Å². The van der Waals surface area contributed by atoms with E-state index < -0.39 is 6.10 Å². The zero-order valence-electron chi connectivity index (χ0n) is 9.47.